The Balaban J connectivity index is 1.18. The van der Waals surface area contributed by atoms with Gasteiger partial charge in [-0.25, -0.2) is 4.79 Å². The Morgan fingerprint density at radius 2 is 1.62 bits per heavy atom. The molecule has 0 aliphatic carbocycles. The highest BCUT2D eigenvalue weighted by Crippen LogP contribution is 2.60. The average Bonchev–Trinajstić information content (AvgIpc) is 3.85. The van der Waals surface area contributed by atoms with Crippen molar-refractivity contribution in [2.24, 2.45) is 5.92 Å². The second-order valence-electron chi connectivity index (χ2n) is 15.9. The van der Waals surface area contributed by atoms with Crippen molar-refractivity contribution in [3.63, 3.8) is 0 Å². The summed E-state index contributed by atoms with van der Waals surface area (Å²) in [6.07, 6.45) is -0.330. The maximum absolute atomic E-state index is 15.3. The van der Waals surface area contributed by atoms with Crippen LogP contribution in [0.1, 0.15) is 35.6 Å². The maximum atomic E-state index is 15.3. The zero-order valence-corrected chi connectivity index (χ0v) is 33.6. The largest absolute Gasteiger partial charge is 0.497 e. The van der Waals surface area contributed by atoms with Gasteiger partial charge in [0.05, 0.1) is 66.2 Å². The molecular formula is C44H49N3O8Si. The van der Waals surface area contributed by atoms with Gasteiger partial charge in [0.2, 0.25) is 5.91 Å². The van der Waals surface area contributed by atoms with Crippen LogP contribution in [0, 0.1) is 5.92 Å². The lowest BCUT2D eigenvalue weighted by atomic mass is 9.82. The van der Waals surface area contributed by atoms with E-state index in [1.54, 1.807) is 28.9 Å². The summed E-state index contributed by atoms with van der Waals surface area (Å²) in [5.41, 5.74) is 3.75. The van der Waals surface area contributed by atoms with Crippen molar-refractivity contribution >= 4 is 42.5 Å². The van der Waals surface area contributed by atoms with Gasteiger partial charge in [0.1, 0.15) is 18.1 Å². The van der Waals surface area contributed by atoms with Gasteiger partial charge in [-0.15, -0.1) is 0 Å². The first-order valence-electron chi connectivity index (χ1n) is 19.3. The first-order chi connectivity index (χ1) is 27.0. The summed E-state index contributed by atoms with van der Waals surface area (Å²) in [6, 6.07) is 29.2. The molecule has 4 aromatic carbocycles. The van der Waals surface area contributed by atoms with Crippen LogP contribution >= 0.6 is 0 Å². The monoisotopic (exact) mass is 775 g/mol. The van der Waals surface area contributed by atoms with Crippen LogP contribution < -0.4 is 24.5 Å². The highest BCUT2D eigenvalue weighted by Gasteiger charge is 2.66. The summed E-state index contributed by atoms with van der Waals surface area (Å²) in [4.78, 5) is 47.3. The Morgan fingerprint density at radius 1 is 0.929 bits per heavy atom. The molecule has 2 fully saturated rings. The number of hydrogen-bond donors (Lipinski definition) is 1. The molecule has 1 spiro atoms. The Bertz CT molecular complexity index is 2140. The van der Waals surface area contributed by atoms with Crippen LogP contribution in [-0.2, 0) is 44.2 Å². The molecule has 4 heterocycles. The van der Waals surface area contributed by atoms with E-state index >= 15 is 4.79 Å². The van der Waals surface area contributed by atoms with Crippen molar-refractivity contribution < 1.29 is 38.4 Å². The summed E-state index contributed by atoms with van der Waals surface area (Å²) >= 11 is 0. The number of rotatable bonds is 10. The molecule has 4 aliphatic rings. The fourth-order valence-electron chi connectivity index (χ4n) is 9.70. The Labute approximate surface area is 328 Å². The molecule has 3 amide bonds. The number of ether oxygens (including phenoxy) is 4. The summed E-state index contributed by atoms with van der Waals surface area (Å²) < 4.78 is 23.6. The van der Waals surface area contributed by atoms with Crippen LogP contribution in [0.5, 0.6) is 11.5 Å². The van der Waals surface area contributed by atoms with Gasteiger partial charge in [0.25, 0.3) is 5.91 Å². The number of methoxy groups -OCH3 is 2. The normalized spacial score (nSPS) is 24.4. The average molecular weight is 776 g/mol. The molecule has 292 valence electrons. The fraction of sp³-hybridized carbons (Fsp3) is 0.386. The van der Waals surface area contributed by atoms with Crippen LogP contribution in [0.25, 0.3) is 0 Å². The minimum Gasteiger partial charge on any atom is -0.497 e. The standard InChI is InChI=1S/C44H49N3O8Si/c1-28-41(56(4,5)36-17-14-34(52-2)15-18-36)39(24-40(49)46-26-31-9-7-6-8-30(31)22-33(46)27-48)55-44(28)37-23-35(53-3)16-19-38(37)47(42(44)50)25-29-10-12-32(13-11-29)45-20-21-54-43(45)51/h6-19,23,28,33,39,41,48H,20-22,24-27H2,1-5H3/t28-,33-,39+,41-,44+/m0/s1. The topological polar surface area (TPSA) is 118 Å². The van der Waals surface area contributed by atoms with Crippen molar-refractivity contribution in [2.45, 2.75) is 69.2 Å². The van der Waals surface area contributed by atoms with Crippen LogP contribution in [-0.4, -0.2) is 82.1 Å². The molecule has 0 unspecified atom stereocenters. The lowest BCUT2D eigenvalue weighted by Gasteiger charge is -2.39. The molecule has 12 heteroatoms. The summed E-state index contributed by atoms with van der Waals surface area (Å²) in [5, 5.41) is 11.7. The van der Waals surface area contributed by atoms with E-state index < -0.39 is 19.8 Å². The highest BCUT2D eigenvalue weighted by molar-refractivity contribution is 6.91. The minimum atomic E-state index is -2.54. The lowest BCUT2D eigenvalue weighted by molar-refractivity contribution is -0.151. The van der Waals surface area contributed by atoms with E-state index in [1.807, 2.05) is 72.8 Å². The number of benzene rings is 4. The molecule has 0 saturated carbocycles. The molecule has 0 aromatic heterocycles. The van der Waals surface area contributed by atoms with E-state index in [4.69, 9.17) is 18.9 Å². The Morgan fingerprint density at radius 3 is 2.29 bits per heavy atom. The van der Waals surface area contributed by atoms with Gasteiger partial charge < -0.3 is 33.9 Å². The van der Waals surface area contributed by atoms with Crippen molar-refractivity contribution in [1.29, 1.82) is 0 Å². The number of amides is 3. The van der Waals surface area contributed by atoms with Gasteiger partial charge in [-0.2, -0.15) is 0 Å². The van der Waals surface area contributed by atoms with E-state index in [0.717, 1.165) is 39.4 Å². The van der Waals surface area contributed by atoms with E-state index in [-0.39, 0.29) is 55.0 Å². The third-order valence-corrected chi connectivity index (χ3v) is 17.0. The SMILES string of the molecule is COc1ccc([Si](C)(C)[C@@H]2[C@@H](CC(=O)N3Cc4ccccc4C[C@H]3CO)O[C@]3(C(=O)N(Cc4ccc(N5CCOC5=O)cc4)c4ccc(OC)cc43)[C@H]2C)cc1. The van der Waals surface area contributed by atoms with Crippen molar-refractivity contribution in [1.82, 2.24) is 4.90 Å². The van der Waals surface area contributed by atoms with Gasteiger partial charge in [-0.05, 0) is 71.1 Å². The van der Waals surface area contributed by atoms with E-state index in [2.05, 4.69) is 38.2 Å². The fourth-order valence-corrected chi connectivity index (χ4v) is 13.7. The molecule has 56 heavy (non-hydrogen) atoms. The molecular weight excluding hydrogens is 727 g/mol. The zero-order chi connectivity index (χ0) is 39.4. The first kappa shape index (κ1) is 37.7. The first-order valence-corrected chi connectivity index (χ1v) is 22.4. The van der Waals surface area contributed by atoms with Crippen LogP contribution in [0.4, 0.5) is 16.2 Å². The number of hydrogen-bond acceptors (Lipinski definition) is 8. The second kappa shape index (κ2) is 14.7. The third-order valence-electron chi connectivity index (χ3n) is 12.7. The van der Waals surface area contributed by atoms with Crippen LogP contribution in [0.3, 0.4) is 0 Å². The molecule has 11 nitrogen and oxygen atoms in total. The van der Waals surface area contributed by atoms with Gasteiger partial charge >= 0.3 is 6.09 Å². The molecule has 4 aromatic rings. The van der Waals surface area contributed by atoms with Gasteiger partial charge in [-0.3, -0.25) is 14.5 Å². The number of aliphatic hydroxyl groups is 1. The van der Waals surface area contributed by atoms with E-state index in [0.29, 0.717) is 31.9 Å². The molecule has 0 bridgehead atoms. The van der Waals surface area contributed by atoms with Gasteiger partial charge in [0, 0.05) is 23.7 Å². The lowest BCUT2D eigenvalue weighted by Crippen LogP contribution is -2.52. The number of carbonyl (C=O) groups is 3. The number of carbonyl (C=O) groups excluding carboxylic acids is 3. The van der Waals surface area contributed by atoms with Crippen LogP contribution in [0.15, 0.2) is 91.0 Å². The summed E-state index contributed by atoms with van der Waals surface area (Å²) in [7, 11) is 0.717. The van der Waals surface area contributed by atoms with E-state index in [1.165, 1.54) is 5.19 Å². The van der Waals surface area contributed by atoms with Gasteiger partial charge in [-0.1, -0.05) is 73.7 Å². The predicted octanol–water partition coefficient (Wildman–Crippen LogP) is 5.76. The Kier molecular flexibility index (Phi) is 9.92. The summed E-state index contributed by atoms with van der Waals surface area (Å²) in [6.45, 7) is 8.07. The van der Waals surface area contributed by atoms with Crippen molar-refractivity contribution in [3.05, 3.63) is 113 Å². The number of aliphatic hydroxyl groups excluding tert-OH is 1. The molecule has 2 saturated heterocycles. The van der Waals surface area contributed by atoms with Crippen molar-refractivity contribution in [2.75, 3.05) is 43.8 Å². The third kappa shape index (κ3) is 6.24. The Hall–Kier alpha value is -5.17. The second-order valence-corrected chi connectivity index (χ2v) is 20.6. The molecule has 5 atom stereocenters. The zero-order valence-electron chi connectivity index (χ0n) is 32.6. The number of fused-ring (bicyclic) bond motifs is 3. The van der Waals surface area contributed by atoms with Gasteiger partial charge in [0.15, 0.2) is 5.60 Å². The quantitative estimate of drug-likeness (QED) is 0.202. The molecule has 4 aliphatic heterocycles. The molecule has 0 radical (unpaired) electrons. The molecule has 1 N–H and O–H groups in total. The summed E-state index contributed by atoms with van der Waals surface area (Å²) in [5.74, 6) is 0.754. The highest BCUT2D eigenvalue weighted by atomic mass is 28.3. The van der Waals surface area contributed by atoms with E-state index in [9.17, 15) is 14.7 Å². The number of anilines is 2. The smallest absolute Gasteiger partial charge is 0.414 e. The minimum absolute atomic E-state index is 0.0645. The predicted molar refractivity (Wildman–Crippen MR) is 215 cm³/mol. The van der Waals surface area contributed by atoms with Crippen LogP contribution in [0.2, 0.25) is 18.6 Å². The number of nitrogens with zero attached hydrogens (tertiary/aromatic N) is 3. The molecule has 8 rings (SSSR count). The van der Waals surface area contributed by atoms with Crippen molar-refractivity contribution in [3.8, 4) is 11.5 Å². The number of cyclic esters (lactones) is 1. The maximum Gasteiger partial charge on any atom is 0.414 e.